The van der Waals surface area contributed by atoms with E-state index in [1.807, 2.05) is 14.0 Å². The minimum absolute atomic E-state index is 0.0341. The first kappa shape index (κ1) is 30.0. The van der Waals surface area contributed by atoms with E-state index in [4.69, 9.17) is 4.74 Å². The molecule has 0 radical (unpaired) electrons. The van der Waals surface area contributed by atoms with E-state index in [1.165, 1.54) is 37.8 Å². The molecule has 0 spiro atoms. The second-order valence-electron chi connectivity index (χ2n) is 11.2. The maximum absolute atomic E-state index is 15.7. The van der Waals surface area contributed by atoms with E-state index in [2.05, 4.69) is 30.6 Å². The van der Waals surface area contributed by atoms with Crippen molar-refractivity contribution in [1.29, 1.82) is 0 Å². The van der Waals surface area contributed by atoms with Gasteiger partial charge in [-0.3, -0.25) is 4.68 Å². The molecule has 0 amide bonds. The second-order valence-corrected chi connectivity index (χ2v) is 13.6. The summed E-state index contributed by atoms with van der Waals surface area (Å²) in [6.45, 7) is 6.46. The van der Waals surface area contributed by atoms with Crippen molar-refractivity contribution in [3.05, 3.63) is 41.0 Å². The number of anilines is 4. The highest BCUT2D eigenvalue weighted by Gasteiger charge is 2.37. The summed E-state index contributed by atoms with van der Waals surface area (Å²) >= 11 is 0. The van der Waals surface area contributed by atoms with Gasteiger partial charge in [-0.15, -0.1) is 0 Å². The van der Waals surface area contributed by atoms with Crippen LogP contribution in [0.25, 0.3) is 0 Å². The molecule has 2 N–H and O–H groups in total. The van der Waals surface area contributed by atoms with Crippen LogP contribution in [0.3, 0.4) is 0 Å². The Morgan fingerprint density at radius 2 is 1.81 bits per heavy atom. The number of rotatable bonds is 7. The fourth-order valence-electron chi connectivity index (χ4n) is 5.38. The van der Waals surface area contributed by atoms with Gasteiger partial charge < -0.3 is 20.3 Å². The highest BCUT2D eigenvalue weighted by atomic mass is 32.2. The third kappa shape index (κ3) is 5.76. The summed E-state index contributed by atoms with van der Waals surface area (Å²) in [5, 5.41) is 8.01. The van der Waals surface area contributed by atoms with Crippen LogP contribution in [0.15, 0.2) is 23.5 Å². The molecule has 3 aromatic rings. The molecule has 1 aromatic carbocycles. The Balaban J connectivity index is 1.53. The van der Waals surface area contributed by atoms with E-state index in [0.29, 0.717) is 23.9 Å². The van der Waals surface area contributed by atoms with Crippen LogP contribution in [0.4, 0.5) is 40.7 Å². The molecule has 0 bridgehead atoms. The first-order chi connectivity index (χ1) is 19.6. The zero-order chi connectivity index (χ0) is 30.6. The minimum Gasteiger partial charge on any atom is -0.488 e. The third-order valence-electron chi connectivity index (χ3n) is 7.59. The van der Waals surface area contributed by atoms with Gasteiger partial charge >= 0.3 is 6.18 Å². The number of piperidine rings is 1. The Bertz CT molecular complexity index is 1600. The molecule has 2 aromatic heterocycles. The van der Waals surface area contributed by atoms with Gasteiger partial charge in [0.05, 0.1) is 16.6 Å². The number of ether oxygens (including phenoxy) is 1. The monoisotopic (exact) mass is 611 g/mol. The topological polar surface area (TPSA) is 114 Å². The predicted octanol–water partition coefficient (Wildman–Crippen LogP) is 5.17. The van der Waals surface area contributed by atoms with Crippen molar-refractivity contribution in [1.82, 2.24) is 24.6 Å². The molecule has 4 heterocycles. The molecule has 0 unspecified atom stereocenters. The van der Waals surface area contributed by atoms with Crippen LogP contribution in [0.2, 0.25) is 0 Å². The summed E-state index contributed by atoms with van der Waals surface area (Å²) in [4.78, 5) is 10.1. The molecular formula is C27H33F4N7O3S. The molecule has 2 aliphatic rings. The first-order valence-corrected chi connectivity index (χ1v) is 15.2. The Kier molecular flexibility index (Phi) is 7.85. The molecule has 10 nitrogen and oxygen atoms in total. The maximum Gasteiger partial charge on any atom is 0.421 e. The lowest BCUT2D eigenvalue weighted by molar-refractivity contribution is -0.137. The largest absolute Gasteiger partial charge is 0.488 e. The Morgan fingerprint density at radius 3 is 2.45 bits per heavy atom. The van der Waals surface area contributed by atoms with Gasteiger partial charge in [-0.2, -0.15) is 23.3 Å². The predicted molar refractivity (Wildman–Crippen MR) is 149 cm³/mol. The number of benzene rings is 1. The van der Waals surface area contributed by atoms with Gasteiger partial charge in [0, 0.05) is 37.5 Å². The number of sulfone groups is 1. The van der Waals surface area contributed by atoms with Gasteiger partial charge in [-0.25, -0.2) is 17.8 Å². The average molecular weight is 612 g/mol. The van der Waals surface area contributed by atoms with Crippen molar-refractivity contribution in [3.8, 4) is 5.75 Å². The van der Waals surface area contributed by atoms with Gasteiger partial charge in [0.25, 0.3) is 0 Å². The van der Waals surface area contributed by atoms with E-state index in [9.17, 15) is 21.6 Å². The van der Waals surface area contributed by atoms with Crippen LogP contribution < -0.4 is 15.4 Å². The first-order valence-electron chi connectivity index (χ1n) is 13.6. The lowest BCUT2D eigenvalue weighted by atomic mass is 9.84. The molecule has 228 valence electrons. The summed E-state index contributed by atoms with van der Waals surface area (Å²) < 4.78 is 90.4. The smallest absolute Gasteiger partial charge is 0.421 e. The summed E-state index contributed by atoms with van der Waals surface area (Å²) in [5.74, 6) is -0.921. The fourth-order valence-corrected chi connectivity index (χ4v) is 6.48. The van der Waals surface area contributed by atoms with Crippen molar-refractivity contribution in [2.45, 2.75) is 68.5 Å². The number of hydrogen-bond donors (Lipinski definition) is 2. The van der Waals surface area contributed by atoms with Crippen molar-refractivity contribution in [2.24, 2.45) is 7.05 Å². The number of alkyl halides is 3. The molecule has 2 aliphatic heterocycles. The highest BCUT2D eigenvalue weighted by Crippen LogP contribution is 2.45. The number of hydrogen-bond acceptors (Lipinski definition) is 9. The summed E-state index contributed by atoms with van der Waals surface area (Å²) in [7, 11) is -0.462. The van der Waals surface area contributed by atoms with E-state index in [-0.39, 0.29) is 29.3 Å². The zero-order valence-electron chi connectivity index (χ0n) is 23.9. The molecule has 1 fully saturated rings. The molecular weight excluding hydrogens is 578 g/mol. The molecule has 0 saturated carbocycles. The van der Waals surface area contributed by atoms with Crippen LogP contribution in [-0.4, -0.2) is 64.6 Å². The molecule has 1 saturated heterocycles. The van der Waals surface area contributed by atoms with Gasteiger partial charge in [0.2, 0.25) is 20.8 Å². The number of aromatic nitrogens is 4. The lowest BCUT2D eigenvalue weighted by Gasteiger charge is -2.30. The molecule has 15 heteroatoms. The van der Waals surface area contributed by atoms with Crippen LogP contribution in [0.5, 0.6) is 5.75 Å². The Morgan fingerprint density at radius 1 is 1.12 bits per heavy atom. The van der Waals surface area contributed by atoms with Gasteiger partial charge in [0.1, 0.15) is 29.1 Å². The molecule has 0 aliphatic carbocycles. The second kappa shape index (κ2) is 11.0. The molecule has 5 rings (SSSR count). The fraction of sp³-hybridized carbons (Fsp3) is 0.519. The van der Waals surface area contributed by atoms with E-state index in [1.54, 1.807) is 0 Å². The van der Waals surface area contributed by atoms with Gasteiger partial charge in [-0.1, -0.05) is 0 Å². The summed E-state index contributed by atoms with van der Waals surface area (Å²) in [5.41, 5.74) is 0.165. The maximum atomic E-state index is 15.7. The normalized spacial score (nSPS) is 18.3. The zero-order valence-corrected chi connectivity index (χ0v) is 24.7. The van der Waals surface area contributed by atoms with Crippen LogP contribution in [-0.2, 0) is 29.5 Å². The van der Waals surface area contributed by atoms with Gasteiger partial charge in [-0.05, 0) is 65.2 Å². The number of nitrogens with zero attached hydrogens (tertiary/aromatic N) is 5. The van der Waals surface area contributed by atoms with E-state index < -0.39 is 43.5 Å². The summed E-state index contributed by atoms with van der Waals surface area (Å²) in [6.07, 6.45) is -1.13. The van der Waals surface area contributed by atoms with Crippen molar-refractivity contribution in [2.75, 3.05) is 30.8 Å². The van der Waals surface area contributed by atoms with Crippen molar-refractivity contribution >= 4 is 33.0 Å². The number of halogens is 4. The van der Waals surface area contributed by atoms with Gasteiger partial charge in [0.15, 0.2) is 0 Å². The standard InChI is InChI=1S/C27H33F4N7O3S/c1-14(2)42(39,40)25-21(13-38(5)36-25)33-24-18(27(29,30)31)12-32-26(35-24)34-20-11-19(28)22(16-6-8-37(4)9-7-16)17-10-15(3)41-23(17)20/h11-16H,6-10H2,1-5H3,(H2,32,33,34,35)/t15-/m1/s1. The highest BCUT2D eigenvalue weighted by molar-refractivity contribution is 7.92. The van der Waals surface area contributed by atoms with E-state index >= 15 is 4.39 Å². The average Bonchev–Trinajstić information content (AvgIpc) is 3.46. The van der Waals surface area contributed by atoms with Crippen molar-refractivity contribution in [3.63, 3.8) is 0 Å². The van der Waals surface area contributed by atoms with Crippen LogP contribution >= 0.6 is 0 Å². The number of fused-ring (bicyclic) bond motifs is 1. The number of nitrogens with one attached hydrogen (secondary N) is 2. The van der Waals surface area contributed by atoms with Crippen LogP contribution in [0.1, 0.15) is 56.2 Å². The Hall–Kier alpha value is -3.46. The lowest BCUT2D eigenvalue weighted by Crippen LogP contribution is -2.30. The summed E-state index contributed by atoms with van der Waals surface area (Å²) in [6, 6.07) is 1.27. The SMILES string of the molecule is CC(C)S(=O)(=O)c1nn(C)cc1Nc1nc(Nc2cc(F)c(C3CCN(C)CC3)c3c2O[C@H](C)C3)ncc1C(F)(F)F. The molecule has 42 heavy (non-hydrogen) atoms. The van der Waals surface area contributed by atoms with Crippen LogP contribution in [0, 0.1) is 5.82 Å². The number of aryl methyl sites for hydroxylation is 1. The van der Waals surface area contributed by atoms with Crippen molar-refractivity contribution < 1.29 is 30.7 Å². The quantitative estimate of drug-likeness (QED) is 0.349. The Labute approximate surface area is 241 Å². The molecule has 1 atom stereocenters. The third-order valence-corrected chi connectivity index (χ3v) is 9.67. The minimum atomic E-state index is -4.86. The van der Waals surface area contributed by atoms with E-state index in [0.717, 1.165) is 31.5 Å². The number of likely N-dealkylation sites (tertiary alicyclic amines) is 1.